The molecule has 0 aromatic heterocycles. The van der Waals surface area contributed by atoms with Crippen molar-refractivity contribution in [1.29, 1.82) is 0 Å². The van der Waals surface area contributed by atoms with Crippen LogP contribution in [-0.4, -0.2) is 95.7 Å². The zero-order chi connectivity index (χ0) is 26.8. The molecule has 0 saturated carbocycles. The molecule has 0 aromatic rings. The molecule has 35 heavy (non-hydrogen) atoms. The smallest absolute Gasteiger partial charge is 0.326 e. The van der Waals surface area contributed by atoms with Crippen LogP contribution in [0, 0.1) is 0 Å². The van der Waals surface area contributed by atoms with Gasteiger partial charge in [0.15, 0.2) is 5.96 Å². The Hall–Kier alpha value is -2.62. The molecule has 0 aliphatic carbocycles. The molecule has 0 aliphatic heterocycles. The summed E-state index contributed by atoms with van der Waals surface area (Å²) in [5, 5.41) is 26.2. The zero-order valence-electron chi connectivity index (χ0n) is 20.1. The van der Waals surface area contributed by atoms with E-state index in [1.807, 2.05) is 6.26 Å². The van der Waals surface area contributed by atoms with Crippen LogP contribution in [0.2, 0.25) is 0 Å². The third-order valence-electron chi connectivity index (χ3n) is 4.93. The second-order valence-electron chi connectivity index (χ2n) is 7.83. The number of aliphatic hydroxyl groups is 1. The first-order valence-electron chi connectivity index (χ1n) is 11.3. The minimum atomic E-state index is -1.42. The number of nitrogens with two attached hydrogens (primary N) is 4. The molecule has 0 radical (unpaired) electrons. The molecule has 15 heteroatoms. The van der Waals surface area contributed by atoms with Crippen molar-refractivity contribution in [1.82, 2.24) is 16.0 Å². The van der Waals surface area contributed by atoms with Crippen molar-refractivity contribution in [2.75, 3.05) is 31.7 Å². The van der Waals surface area contributed by atoms with E-state index in [1.54, 1.807) is 0 Å². The van der Waals surface area contributed by atoms with Crippen molar-refractivity contribution in [3.05, 3.63) is 0 Å². The van der Waals surface area contributed by atoms with Crippen LogP contribution in [0.5, 0.6) is 0 Å². The van der Waals surface area contributed by atoms with E-state index >= 15 is 0 Å². The third-order valence-corrected chi connectivity index (χ3v) is 5.57. The summed E-state index contributed by atoms with van der Waals surface area (Å²) in [6.45, 7) is -0.121. The first-order valence-corrected chi connectivity index (χ1v) is 12.7. The third kappa shape index (κ3) is 14.4. The molecule has 0 bridgehead atoms. The highest BCUT2D eigenvalue weighted by Crippen LogP contribution is 2.05. The quantitative estimate of drug-likeness (QED) is 0.0464. The number of aliphatic hydroxyl groups excluding tert-OH is 1. The standard InChI is InChI=1S/C20H40N8O6S/c1-35-10-7-13(26-16(30)12(22)5-2-3-8-21)17(31)28-15(11-29)18(32)27-14(19(33)34)6-4-9-25-20(23)24/h12-15,29H,2-11,21-22H2,1H3,(H,26,30)(H,27,32)(H,28,31)(H,33,34)(H4,23,24,25). The van der Waals surface area contributed by atoms with Crippen molar-refractivity contribution in [2.45, 2.75) is 62.7 Å². The summed E-state index contributed by atoms with van der Waals surface area (Å²) < 4.78 is 0. The number of carbonyl (C=O) groups excluding carboxylic acids is 3. The molecule has 0 aromatic carbocycles. The molecule has 0 saturated heterocycles. The van der Waals surface area contributed by atoms with Gasteiger partial charge in [0.2, 0.25) is 17.7 Å². The van der Waals surface area contributed by atoms with Gasteiger partial charge in [0.25, 0.3) is 0 Å². The summed E-state index contributed by atoms with van der Waals surface area (Å²) in [6.07, 6.45) is 4.18. The van der Waals surface area contributed by atoms with Gasteiger partial charge < -0.3 is 49.1 Å². The minimum Gasteiger partial charge on any atom is -0.480 e. The highest BCUT2D eigenvalue weighted by atomic mass is 32.2. The SMILES string of the molecule is CSCCC(NC(=O)C(N)CCCCN)C(=O)NC(CO)C(=O)NC(CCCN=C(N)N)C(=O)O. The number of aliphatic carboxylic acids is 1. The topological polar surface area (TPSA) is 261 Å². The Morgan fingerprint density at radius 3 is 2.03 bits per heavy atom. The molecule has 202 valence electrons. The van der Waals surface area contributed by atoms with E-state index in [9.17, 15) is 29.4 Å². The molecular weight excluding hydrogens is 480 g/mol. The van der Waals surface area contributed by atoms with Gasteiger partial charge in [-0.25, -0.2) is 4.79 Å². The first kappa shape index (κ1) is 32.4. The van der Waals surface area contributed by atoms with Gasteiger partial charge in [0.05, 0.1) is 12.6 Å². The summed E-state index contributed by atoms with van der Waals surface area (Å²) in [5.74, 6) is -2.99. The lowest BCUT2D eigenvalue weighted by Crippen LogP contribution is -2.58. The molecule has 0 rings (SSSR count). The number of carboxylic acids is 1. The van der Waals surface area contributed by atoms with Crippen LogP contribution >= 0.6 is 11.8 Å². The molecule has 0 fully saturated rings. The summed E-state index contributed by atoms with van der Waals surface area (Å²) in [4.78, 5) is 53.0. The summed E-state index contributed by atoms with van der Waals surface area (Å²) in [5.41, 5.74) is 21.8. The number of hydrogen-bond acceptors (Lipinski definition) is 9. The van der Waals surface area contributed by atoms with Crippen molar-refractivity contribution >= 4 is 41.4 Å². The Balaban J connectivity index is 5.10. The Morgan fingerprint density at radius 2 is 1.49 bits per heavy atom. The molecule has 0 spiro atoms. The monoisotopic (exact) mass is 520 g/mol. The van der Waals surface area contributed by atoms with E-state index in [-0.39, 0.29) is 31.8 Å². The number of guanidine groups is 1. The highest BCUT2D eigenvalue weighted by molar-refractivity contribution is 7.98. The molecule has 0 aliphatic rings. The van der Waals surface area contributed by atoms with Crippen molar-refractivity contribution in [2.24, 2.45) is 27.9 Å². The molecule has 4 atom stereocenters. The van der Waals surface area contributed by atoms with Crippen LogP contribution in [0.15, 0.2) is 4.99 Å². The maximum absolute atomic E-state index is 12.8. The van der Waals surface area contributed by atoms with Crippen LogP contribution in [0.1, 0.15) is 38.5 Å². The van der Waals surface area contributed by atoms with E-state index in [1.165, 1.54) is 11.8 Å². The van der Waals surface area contributed by atoms with Crippen LogP contribution in [0.4, 0.5) is 0 Å². The Bertz CT molecular complexity index is 707. The van der Waals surface area contributed by atoms with Crippen LogP contribution in [0.3, 0.4) is 0 Å². The maximum Gasteiger partial charge on any atom is 0.326 e. The number of carboxylic acid groups (broad SMARTS) is 1. The van der Waals surface area contributed by atoms with E-state index in [2.05, 4.69) is 20.9 Å². The van der Waals surface area contributed by atoms with Crippen molar-refractivity contribution < 1.29 is 29.4 Å². The van der Waals surface area contributed by atoms with Crippen LogP contribution < -0.4 is 38.9 Å². The minimum absolute atomic E-state index is 0.0262. The predicted octanol–water partition coefficient (Wildman–Crippen LogP) is -3.22. The molecule has 4 unspecified atom stereocenters. The van der Waals surface area contributed by atoms with Crippen molar-refractivity contribution in [3.8, 4) is 0 Å². The molecule has 0 heterocycles. The van der Waals surface area contributed by atoms with Gasteiger partial charge in [-0.15, -0.1) is 0 Å². The van der Waals surface area contributed by atoms with Gasteiger partial charge in [0, 0.05) is 6.54 Å². The lowest BCUT2D eigenvalue weighted by Gasteiger charge is -2.24. The van der Waals surface area contributed by atoms with E-state index in [4.69, 9.17) is 22.9 Å². The number of nitrogens with zero attached hydrogens (tertiary/aromatic N) is 1. The number of amides is 3. The lowest BCUT2D eigenvalue weighted by atomic mass is 10.1. The predicted molar refractivity (Wildman–Crippen MR) is 134 cm³/mol. The first-order chi connectivity index (χ1) is 16.6. The number of aliphatic imine (C=N–C) groups is 1. The average Bonchev–Trinajstić information content (AvgIpc) is 2.81. The van der Waals surface area contributed by atoms with E-state index in [0.717, 1.165) is 6.42 Å². The normalized spacial score (nSPS) is 14.2. The van der Waals surface area contributed by atoms with Gasteiger partial charge in [-0.05, 0) is 50.7 Å². The number of unbranched alkanes of at least 4 members (excludes halogenated alkanes) is 1. The van der Waals surface area contributed by atoms with E-state index in [0.29, 0.717) is 25.1 Å². The fourth-order valence-corrected chi connectivity index (χ4v) is 3.39. The molecule has 13 N–H and O–H groups in total. The number of carbonyl (C=O) groups is 4. The van der Waals surface area contributed by atoms with Crippen LogP contribution in [-0.2, 0) is 19.2 Å². The fourth-order valence-electron chi connectivity index (χ4n) is 2.92. The van der Waals surface area contributed by atoms with Crippen LogP contribution in [0.25, 0.3) is 0 Å². The maximum atomic E-state index is 12.8. The largest absolute Gasteiger partial charge is 0.480 e. The molecular formula is C20H40N8O6S. The number of nitrogens with one attached hydrogen (secondary N) is 3. The number of rotatable bonds is 19. The van der Waals surface area contributed by atoms with Gasteiger partial charge >= 0.3 is 5.97 Å². The summed E-state index contributed by atoms with van der Waals surface area (Å²) in [6, 6.07) is -4.51. The van der Waals surface area contributed by atoms with Gasteiger partial charge in [-0.2, -0.15) is 11.8 Å². The molecule has 3 amide bonds. The van der Waals surface area contributed by atoms with Crippen molar-refractivity contribution in [3.63, 3.8) is 0 Å². The highest BCUT2D eigenvalue weighted by Gasteiger charge is 2.29. The molecule has 14 nitrogen and oxygen atoms in total. The Morgan fingerprint density at radius 1 is 0.886 bits per heavy atom. The second kappa shape index (κ2) is 18.7. The van der Waals surface area contributed by atoms with Gasteiger partial charge in [0.1, 0.15) is 18.1 Å². The lowest BCUT2D eigenvalue weighted by molar-refractivity contribution is -0.142. The second-order valence-corrected chi connectivity index (χ2v) is 8.81. The summed E-state index contributed by atoms with van der Waals surface area (Å²) in [7, 11) is 0. The fraction of sp³-hybridized carbons (Fsp3) is 0.750. The Labute approximate surface area is 209 Å². The van der Waals surface area contributed by atoms with Gasteiger partial charge in [-0.3, -0.25) is 19.4 Å². The average molecular weight is 521 g/mol. The number of thioether (sulfide) groups is 1. The number of hydrogen-bond donors (Lipinski definition) is 9. The zero-order valence-corrected chi connectivity index (χ0v) is 20.9. The summed E-state index contributed by atoms with van der Waals surface area (Å²) >= 11 is 1.46. The van der Waals surface area contributed by atoms with E-state index < -0.39 is 54.5 Å². The Kier molecular flexibility index (Phi) is 17.3. The van der Waals surface area contributed by atoms with Gasteiger partial charge in [-0.1, -0.05) is 6.42 Å².